The Kier molecular flexibility index (Phi) is 3.29. The van der Waals surface area contributed by atoms with E-state index in [2.05, 4.69) is 5.10 Å². The molecule has 1 heterocycles. The Hall–Kier alpha value is -1.61. The molecule has 3 nitrogen and oxygen atoms in total. The summed E-state index contributed by atoms with van der Waals surface area (Å²) in [6, 6.07) is 9.18. The lowest BCUT2D eigenvalue weighted by Crippen LogP contribution is -2.13. The van der Waals surface area contributed by atoms with Gasteiger partial charge < -0.3 is 0 Å². The van der Waals surface area contributed by atoms with Crippen molar-refractivity contribution in [3.63, 3.8) is 0 Å². The first-order chi connectivity index (χ1) is 8.11. The summed E-state index contributed by atoms with van der Waals surface area (Å²) in [4.78, 5) is 12.3. The van der Waals surface area contributed by atoms with Gasteiger partial charge in [0.25, 0.3) is 0 Å². The van der Waals surface area contributed by atoms with Crippen molar-refractivity contribution in [2.75, 3.05) is 0 Å². The molecule has 0 amide bonds. The van der Waals surface area contributed by atoms with Crippen molar-refractivity contribution in [1.29, 1.82) is 0 Å². The van der Waals surface area contributed by atoms with Crippen molar-refractivity contribution in [1.82, 2.24) is 9.78 Å². The maximum absolute atomic E-state index is 12.3. The molecule has 0 aliphatic carbocycles. The second kappa shape index (κ2) is 4.72. The fourth-order valence-electron chi connectivity index (χ4n) is 1.67. The summed E-state index contributed by atoms with van der Waals surface area (Å²) < 4.78 is 1.65. The van der Waals surface area contributed by atoms with Crippen LogP contribution in [0.25, 0.3) is 0 Å². The van der Waals surface area contributed by atoms with E-state index in [1.54, 1.807) is 16.8 Å². The van der Waals surface area contributed by atoms with Crippen molar-refractivity contribution < 1.29 is 4.79 Å². The van der Waals surface area contributed by atoms with E-state index in [0.29, 0.717) is 16.3 Å². The van der Waals surface area contributed by atoms with E-state index in [1.807, 2.05) is 32.0 Å². The number of rotatable bonds is 3. The van der Waals surface area contributed by atoms with Crippen LogP contribution in [0.15, 0.2) is 36.5 Å². The summed E-state index contributed by atoms with van der Waals surface area (Å²) >= 11 is 6.03. The molecule has 17 heavy (non-hydrogen) atoms. The van der Waals surface area contributed by atoms with Crippen LogP contribution in [0.5, 0.6) is 0 Å². The monoisotopic (exact) mass is 248 g/mol. The number of benzene rings is 1. The summed E-state index contributed by atoms with van der Waals surface area (Å²) in [6.45, 7) is 3.93. The average Bonchev–Trinajstić information content (AvgIpc) is 2.71. The molecule has 0 saturated carbocycles. The van der Waals surface area contributed by atoms with Gasteiger partial charge in [-0.15, -0.1) is 0 Å². The Morgan fingerprint density at radius 1 is 1.29 bits per heavy atom. The van der Waals surface area contributed by atoms with Crippen LogP contribution < -0.4 is 0 Å². The predicted octanol–water partition coefficient (Wildman–Crippen LogP) is 3.35. The predicted molar refractivity (Wildman–Crippen MR) is 67.5 cm³/mol. The molecule has 2 aromatic rings. The third-order valence-corrected chi connectivity index (χ3v) is 2.77. The number of hydrogen-bond donors (Lipinski definition) is 0. The van der Waals surface area contributed by atoms with Crippen molar-refractivity contribution >= 4 is 17.4 Å². The first-order valence-corrected chi connectivity index (χ1v) is 5.82. The number of hydrogen-bond acceptors (Lipinski definition) is 2. The van der Waals surface area contributed by atoms with Crippen LogP contribution in [-0.2, 0) is 0 Å². The summed E-state index contributed by atoms with van der Waals surface area (Å²) in [6.07, 6.45) is 1.51. The molecule has 0 aliphatic rings. The molecule has 0 fully saturated rings. The van der Waals surface area contributed by atoms with Crippen molar-refractivity contribution in [3.05, 3.63) is 52.8 Å². The van der Waals surface area contributed by atoms with E-state index in [9.17, 15) is 4.79 Å². The molecule has 0 atom stereocenters. The van der Waals surface area contributed by atoms with Crippen LogP contribution >= 0.6 is 11.6 Å². The highest BCUT2D eigenvalue weighted by molar-refractivity contribution is 6.34. The van der Waals surface area contributed by atoms with Crippen LogP contribution in [0.1, 0.15) is 35.9 Å². The number of aromatic nitrogens is 2. The van der Waals surface area contributed by atoms with Crippen LogP contribution in [-0.4, -0.2) is 15.6 Å². The molecule has 0 bridgehead atoms. The Morgan fingerprint density at radius 2 is 1.94 bits per heavy atom. The molecule has 0 aliphatic heterocycles. The average molecular weight is 249 g/mol. The zero-order chi connectivity index (χ0) is 12.4. The lowest BCUT2D eigenvalue weighted by molar-refractivity contribution is 0.102. The van der Waals surface area contributed by atoms with Crippen LogP contribution in [0.2, 0.25) is 5.02 Å². The van der Waals surface area contributed by atoms with Crippen LogP contribution in [0.3, 0.4) is 0 Å². The molecule has 0 radical (unpaired) electrons. The van der Waals surface area contributed by atoms with Gasteiger partial charge in [-0.3, -0.25) is 9.48 Å². The fraction of sp³-hybridized carbons (Fsp3) is 0.231. The van der Waals surface area contributed by atoms with Gasteiger partial charge in [-0.2, -0.15) is 5.10 Å². The Labute approximate surface area is 105 Å². The zero-order valence-electron chi connectivity index (χ0n) is 9.72. The molecule has 1 aromatic carbocycles. The fourth-order valence-corrected chi connectivity index (χ4v) is 1.89. The summed E-state index contributed by atoms with van der Waals surface area (Å²) in [7, 11) is 0. The van der Waals surface area contributed by atoms with Gasteiger partial charge in [-0.05, 0) is 13.8 Å². The first-order valence-electron chi connectivity index (χ1n) is 5.44. The Morgan fingerprint density at radius 3 is 2.53 bits per heavy atom. The van der Waals surface area contributed by atoms with E-state index in [-0.39, 0.29) is 11.8 Å². The minimum Gasteiger partial charge on any atom is -0.287 e. The molecule has 0 saturated heterocycles. The molecule has 88 valence electrons. The SMILES string of the molecule is CC(C)n1ncc(Cl)c1C(=O)c1ccccc1. The molecule has 4 heteroatoms. The molecular formula is C13H13ClN2O. The van der Waals surface area contributed by atoms with Crippen LogP contribution in [0.4, 0.5) is 0 Å². The normalized spacial score (nSPS) is 10.8. The molecule has 0 N–H and O–H groups in total. The highest BCUT2D eigenvalue weighted by Gasteiger charge is 2.20. The van der Waals surface area contributed by atoms with Gasteiger partial charge in [0.05, 0.1) is 11.2 Å². The molecule has 0 unspecified atom stereocenters. The topological polar surface area (TPSA) is 34.9 Å². The summed E-state index contributed by atoms with van der Waals surface area (Å²) in [5.41, 5.74) is 1.07. The lowest BCUT2D eigenvalue weighted by Gasteiger charge is -2.10. The molecule has 1 aromatic heterocycles. The van der Waals surface area contributed by atoms with E-state index in [1.165, 1.54) is 6.20 Å². The number of halogens is 1. The highest BCUT2D eigenvalue weighted by Crippen LogP contribution is 2.22. The zero-order valence-corrected chi connectivity index (χ0v) is 10.5. The van der Waals surface area contributed by atoms with Gasteiger partial charge >= 0.3 is 0 Å². The highest BCUT2D eigenvalue weighted by atomic mass is 35.5. The third kappa shape index (κ3) is 2.24. The van der Waals surface area contributed by atoms with Crippen molar-refractivity contribution in [2.45, 2.75) is 19.9 Å². The second-order valence-corrected chi connectivity index (χ2v) is 4.48. The maximum atomic E-state index is 12.3. The largest absolute Gasteiger partial charge is 0.287 e. The van der Waals surface area contributed by atoms with Gasteiger partial charge in [0.1, 0.15) is 5.69 Å². The van der Waals surface area contributed by atoms with E-state index in [4.69, 9.17) is 11.6 Å². The van der Waals surface area contributed by atoms with Gasteiger partial charge in [-0.25, -0.2) is 0 Å². The number of ketones is 1. The van der Waals surface area contributed by atoms with Gasteiger partial charge in [-0.1, -0.05) is 41.9 Å². The summed E-state index contributed by atoms with van der Waals surface area (Å²) in [5.74, 6) is -0.0956. The minimum absolute atomic E-state index is 0.0956. The van der Waals surface area contributed by atoms with Crippen molar-refractivity contribution in [3.8, 4) is 0 Å². The molecule has 0 spiro atoms. The quantitative estimate of drug-likeness (QED) is 0.781. The van der Waals surface area contributed by atoms with E-state index < -0.39 is 0 Å². The van der Waals surface area contributed by atoms with Crippen LogP contribution in [0, 0.1) is 0 Å². The maximum Gasteiger partial charge on any atom is 0.212 e. The minimum atomic E-state index is -0.0956. The third-order valence-electron chi connectivity index (χ3n) is 2.49. The smallest absolute Gasteiger partial charge is 0.212 e. The van der Waals surface area contributed by atoms with E-state index >= 15 is 0 Å². The number of carbonyl (C=O) groups is 1. The Bertz CT molecular complexity index is 532. The molecular weight excluding hydrogens is 236 g/mol. The van der Waals surface area contributed by atoms with Gasteiger partial charge in [0.2, 0.25) is 5.78 Å². The first kappa shape index (κ1) is 11.9. The summed E-state index contributed by atoms with van der Waals surface area (Å²) in [5, 5.41) is 4.52. The molecule has 2 rings (SSSR count). The van der Waals surface area contributed by atoms with E-state index in [0.717, 1.165) is 0 Å². The van der Waals surface area contributed by atoms with Crippen molar-refractivity contribution in [2.24, 2.45) is 0 Å². The van der Waals surface area contributed by atoms with Gasteiger partial charge in [0.15, 0.2) is 0 Å². The van der Waals surface area contributed by atoms with Gasteiger partial charge in [0, 0.05) is 11.6 Å². The number of nitrogens with zero attached hydrogens (tertiary/aromatic N) is 2. The Balaban J connectivity index is 2.48. The standard InChI is InChI=1S/C13H13ClN2O/c1-9(2)16-12(11(14)8-15-16)13(17)10-6-4-3-5-7-10/h3-9H,1-2H3. The second-order valence-electron chi connectivity index (χ2n) is 4.07. The number of carbonyl (C=O) groups excluding carboxylic acids is 1. The lowest BCUT2D eigenvalue weighted by atomic mass is 10.1.